The summed E-state index contributed by atoms with van der Waals surface area (Å²) >= 11 is 13.2. The molecule has 35 heavy (non-hydrogen) atoms. The van der Waals surface area contributed by atoms with Crippen molar-refractivity contribution in [3.63, 3.8) is 0 Å². The van der Waals surface area contributed by atoms with E-state index in [1.54, 1.807) is 36.4 Å². The van der Waals surface area contributed by atoms with E-state index in [0.29, 0.717) is 21.0 Å². The Morgan fingerprint density at radius 1 is 1.03 bits per heavy atom. The Morgan fingerprint density at radius 3 is 2.37 bits per heavy atom. The molecule has 3 aromatic carbocycles. The first-order chi connectivity index (χ1) is 16.9. The molecule has 12 heteroatoms. The van der Waals surface area contributed by atoms with Gasteiger partial charge < -0.3 is 0 Å². The molecule has 0 aliphatic rings. The largest absolute Gasteiger partial charge is 0.278 e. The van der Waals surface area contributed by atoms with Crippen molar-refractivity contribution >= 4 is 52.8 Å². The molecule has 0 fully saturated rings. The van der Waals surface area contributed by atoms with Crippen molar-refractivity contribution < 1.29 is 9.72 Å². The number of thioether (sulfide) groups is 1. The van der Waals surface area contributed by atoms with Gasteiger partial charge in [0.25, 0.3) is 11.6 Å². The summed E-state index contributed by atoms with van der Waals surface area (Å²) in [6.45, 7) is 0. The van der Waals surface area contributed by atoms with Gasteiger partial charge in [0.05, 0.1) is 22.5 Å². The highest BCUT2D eigenvalue weighted by molar-refractivity contribution is 7.99. The van der Waals surface area contributed by atoms with Crippen LogP contribution in [0.5, 0.6) is 0 Å². The lowest BCUT2D eigenvalue weighted by Crippen LogP contribution is -2.20. The van der Waals surface area contributed by atoms with Crippen molar-refractivity contribution in [1.82, 2.24) is 20.2 Å². The maximum atomic E-state index is 12.4. The number of nitro groups is 1. The van der Waals surface area contributed by atoms with Crippen molar-refractivity contribution in [2.45, 2.75) is 5.16 Å². The third-order valence-electron chi connectivity index (χ3n) is 4.68. The van der Waals surface area contributed by atoms with Crippen LogP contribution in [-0.4, -0.2) is 37.6 Å². The maximum Gasteiger partial charge on any atom is 0.278 e. The average molecular weight is 527 g/mol. The van der Waals surface area contributed by atoms with Gasteiger partial charge in [0, 0.05) is 27.4 Å². The first kappa shape index (κ1) is 24.4. The standard InChI is InChI=1S/C23H16Cl2N6O3S/c24-17-7-5-15(6-8-17)22-28-29-23(30(22)19-11-9-18(25)10-12-19)35-14-21(32)27-26-13-16-3-1-2-4-20(16)31(33)34/h1-13H,14H2,(H,27,32). The highest BCUT2D eigenvalue weighted by Crippen LogP contribution is 2.29. The van der Waals surface area contributed by atoms with Crippen LogP contribution in [0.3, 0.4) is 0 Å². The van der Waals surface area contributed by atoms with Crippen LogP contribution in [0, 0.1) is 10.1 Å². The number of para-hydroxylation sites is 1. The van der Waals surface area contributed by atoms with Crippen LogP contribution in [-0.2, 0) is 4.79 Å². The number of benzene rings is 3. The zero-order valence-corrected chi connectivity index (χ0v) is 20.2. The molecule has 0 bridgehead atoms. The Bertz CT molecular complexity index is 1390. The number of halogens is 2. The van der Waals surface area contributed by atoms with Gasteiger partial charge in [0.2, 0.25) is 0 Å². The van der Waals surface area contributed by atoms with E-state index in [2.05, 4.69) is 20.7 Å². The van der Waals surface area contributed by atoms with E-state index in [0.717, 1.165) is 23.0 Å². The molecule has 0 radical (unpaired) electrons. The van der Waals surface area contributed by atoms with Crippen LogP contribution in [0.4, 0.5) is 5.69 Å². The van der Waals surface area contributed by atoms with Crippen LogP contribution in [0.15, 0.2) is 83.1 Å². The van der Waals surface area contributed by atoms with Gasteiger partial charge in [0.15, 0.2) is 11.0 Å². The van der Waals surface area contributed by atoms with Gasteiger partial charge in [0.1, 0.15) is 0 Å². The molecule has 4 aromatic rings. The third kappa shape index (κ3) is 6.04. The molecule has 0 aliphatic carbocycles. The van der Waals surface area contributed by atoms with Crippen LogP contribution in [0.1, 0.15) is 5.56 Å². The van der Waals surface area contributed by atoms with Crippen LogP contribution in [0.25, 0.3) is 17.1 Å². The molecule has 0 saturated heterocycles. The number of hydrogen-bond donors (Lipinski definition) is 1. The zero-order chi connectivity index (χ0) is 24.8. The molecule has 176 valence electrons. The summed E-state index contributed by atoms with van der Waals surface area (Å²) in [5.74, 6) is 0.144. The predicted octanol–water partition coefficient (Wildman–Crippen LogP) is 5.39. The van der Waals surface area contributed by atoms with Gasteiger partial charge in [-0.1, -0.05) is 47.1 Å². The number of carbonyl (C=O) groups is 1. The normalized spacial score (nSPS) is 11.0. The predicted molar refractivity (Wildman–Crippen MR) is 136 cm³/mol. The van der Waals surface area contributed by atoms with Crippen LogP contribution < -0.4 is 5.43 Å². The van der Waals surface area contributed by atoms with E-state index in [-0.39, 0.29) is 17.0 Å². The van der Waals surface area contributed by atoms with Crippen molar-refractivity contribution in [3.8, 4) is 17.1 Å². The molecular weight excluding hydrogens is 511 g/mol. The fourth-order valence-corrected chi connectivity index (χ4v) is 4.07. The topological polar surface area (TPSA) is 115 Å². The molecule has 1 amide bonds. The second-order valence-corrected chi connectivity index (χ2v) is 8.84. The number of amides is 1. The molecule has 0 spiro atoms. The molecule has 9 nitrogen and oxygen atoms in total. The van der Waals surface area contributed by atoms with Gasteiger partial charge in [-0.15, -0.1) is 10.2 Å². The van der Waals surface area contributed by atoms with Gasteiger partial charge >= 0.3 is 0 Å². The summed E-state index contributed by atoms with van der Waals surface area (Å²) in [5, 5.41) is 25.2. The van der Waals surface area contributed by atoms with Gasteiger partial charge in [-0.3, -0.25) is 19.5 Å². The highest BCUT2D eigenvalue weighted by Gasteiger charge is 2.17. The maximum absolute atomic E-state index is 12.4. The van der Waals surface area contributed by atoms with Crippen molar-refractivity contribution in [2.24, 2.45) is 5.10 Å². The fraction of sp³-hybridized carbons (Fsp3) is 0.0435. The minimum atomic E-state index is -0.513. The summed E-state index contributed by atoms with van der Waals surface area (Å²) in [6.07, 6.45) is 1.23. The van der Waals surface area contributed by atoms with E-state index >= 15 is 0 Å². The smallest absolute Gasteiger partial charge is 0.272 e. The lowest BCUT2D eigenvalue weighted by Gasteiger charge is -2.10. The summed E-state index contributed by atoms with van der Waals surface area (Å²) in [6, 6.07) is 20.4. The summed E-state index contributed by atoms with van der Waals surface area (Å²) in [4.78, 5) is 22.9. The Morgan fingerprint density at radius 2 is 1.69 bits per heavy atom. The van der Waals surface area contributed by atoms with Crippen molar-refractivity contribution in [2.75, 3.05) is 5.75 Å². The molecule has 4 rings (SSSR count). The highest BCUT2D eigenvalue weighted by atomic mass is 35.5. The second-order valence-electron chi connectivity index (χ2n) is 7.02. The number of aromatic nitrogens is 3. The lowest BCUT2D eigenvalue weighted by atomic mass is 10.2. The summed E-state index contributed by atoms with van der Waals surface area (Å²) in [5.41, 5.74) is 4.11. The molecule has 0 saturated carbocycles. The molecule has 0 atom stereocenters. The Labute approximate surface area is 213 Å². The zero-order valence-electron chi connectivity index (χ0n) is 17.8. The third-order valence-corrected chi connectivity index (χ3v) is 6.11. The second kappa shape index (κ2) is 11.1. The number of nitrogens with one attached hydrogen (secondary N) is 1. The first-order valence-electron chi connectivity index (χ1n) is 10.1. The molecule has 0 aliphatic heterocycles. The quantitative estimate of drug-likeness (QED) is 0.142. The van der Waals surface area contributed by atoms with E-state index in [1.165, 1.54) is 18.3 Å². The van der Waals surface area contributed by atoms with Crippen molar-refractivity contribution in [1.29, 1.82) is 0 Å². The molecule has 0 unspecified atom stereocenters. The summed E-state index contributed by atoms with van der Waals surface area (Å²) in [7, 11) is 0. The van der Waals surface area contributed by atoms with Crippen LogP contribution >= 0.6 is 35.0 Å². The van der Waals surface area contributed by atoms with Gasteiger partial charge in [-0.25, -0.2) is 5.43 Å². The minimum absolute atomic E-state index is 0.0133. The fourth-order valence-electron chi connectivity index (χ4n) is 3.07. The van der Waals surface area contributed by atoms with E-state index in [1.807, 2.05) is 28.8 Å². The van der Waals surface area contributed by atoms with E-state index in [4.69, 9.17) is 23.2 Å². The number of carbonyl (C=O) groups excluding carboxylic acids is 1. The Hall–Kier alpha value is -3.73. The monoisotopic (exact) mass is 526 g/mol. The number of nitro benzene ring substituents is 1. The van der Waals surface area contributed by atoms with E-state index < -0.39 is 10.8 Å². The van der Waals surface area contributed by atoms with Crippen LogP contribution in [0.2, 0.25) is 10.0 Å². The summed E-state index contributed by atoms with van der Waals surface area (Å²) < 4.78 is 1.81. The molecule has 1 aromatic heterocycles. The minimum Gasteiger partial charge on any atom is -0.272 e. The number of rotatable bonds is 8. The number of hydrazone groups is 1. The number of hydrogen-bond acceptors (Lipinski definition) is 7. The first-order valence-corrected chi connectivity index (χ1v) is 11.8. The number of nitrogens with zero attached hydrogens (tertiary/aromatic N) is 5. The van der Waals surface area contributed by atoms with Gasteiger partial charge in [-0.05, 0) is 54.6 Å². The van der Waals surface area contributed by atoms with Gasteiger partial charge in [-0.2, -0.15) is 5.10 Å². The Balaban J connectivity index is 1.51. The van der Waals surface area contributed by atoms with Crippen molar-refractivity contribution in [3.05, 3.63) is 98.5 Å². The van der Waals surface area contributed by atoms with E-state index in [9.17, 15) is 14.9 Å². The lowest BCUT2D eigenvalue weighted by molar-refractivity contribution is -0.385. The molecule has 1 N–H and O–H groups in total. The SMILES string of the molecule is O=C(CSc1nnc(-c2ccc(Cl)cc2)n1-c1ccc(Cl)cc1)NN=Cc1ccccc1[N+](=O)[O-]. The average Bonchev–Trinajstić information content (AvgIpc) is 3.28. The molecule has 1 heterocycles. The Kier molecular flexibility index (Phi) is 7.76. The molecular formula is C23H16Cl2N6O3S.